The van der Waals surface area contributed by atoms with Crippen LogP contribution in [0.5, 0.6) is 0 Å². The first-order valence-corrected chi connectivity index (χ1v) is 7.42. The fourth-order valence-corrected chi connectivity index (χ4v) is 2.18. The van der Waals surface area contributed by atoms with Crippen molar-refractivity contribution in [3.63, 3.8) is 0 Å². The lowest BCUT2D eigenvalue weighted by atomic mass is 10.3. The van der Waals surface area contributed by atoms with Crippen LogP contribution >= 0.6 is 0 Å². The number of carbonyl (C=O) groups is 1. The zero-order chi connectivity index (χ0) is 15.1. The minimum Gasteiger partial charge on any atom is -0.353 e. The van der Waals surface area contributed by atoms with Gasteiger partial charge in [0, 0.05) is 31.2 Å². The molecular formula is C17H23N3O. The maximum atomic E-state index is 12.5. The van der Waals surface area contributed by atoms with E-state index >= 15 is 0 Å². The highest BCUT2D eigenvalue weighted by atomic mass is 16.2. The van der Waals surface area contributed by atoms with E-state index in [0.717, 1.165) is 30.8 Å². The third-order valence-electron chi connectivity index (χ3n) is 3.50. The zero-order valence-electron chi connectivity index (χ0n) is 12.7. The molecule has 1 aromatic heterocycles. The molecule has 2 rings (SSSR count). The van der Waals surface area contributed by atoms with Gasteiger partial charge in [0.25, 0.3) is 0 Å². The highest BCUT2D eigenvalue weighted by molar-refractivity contribution is 5.89. The second-order valence-corrected chi connectivity index (χ2v) is 5.18. The predicted molar refractivity (Wildman–Crippen MR) is 86.2 cm³/mol. The quantitative estimate of drug-likeness (QED) is 0.859. The first-order chi connectivity index (χ1) is 10.2. The molecule has 0 saturated heterocycles. The Hall–Kier alpha value is -2.23. The largest absolute Gasteiger partial charge is 0.353 e. The molecule has 112 valence electrons. The summed E-state index contributed by atoms with van der Waals surface area (Å²) in [4.78, 5) is 14.3. The molecule has 0 aliphatic rings. The third-order valence-corrected chi connectivity index (χ3v) is 3.50. The molecule has 0 aliphatic carbocycles. The summed E-state index contributed by atoms with van der Waals surface area (Å²) < 4.78 is 2.05. The smallest absolute Gasteiger partial charge is 0.322 e. The normalized spacial score (nSPS) is 10.4. The molecule has 0 fully saturated rings. The van der Waals surface area contributed by atoms with Gasteiger partial charge >= 0.3 is 6.03 Å². The van der Waals surface area contributed by atoms with Crippen molar-refractivity contribution in [2.45, 2.75) is 26.3 Å². The van der Waals surface area contributed by atoms with Gasteiger partial charge in [0.2, 0.25) is 0 Å². The molecule has 4 nitrogen and oxygen atoms in total. The van der Waals surface area contributed by atoms with Crippen molar-refractivity contribution in [3.05, 3.63) is 54.4 Å². The number of nitrogens with zero attached hydrogens (tertiary/aromatic N) is 2. The Labute approximate surface area is 126 Å². The predicted octanol–water partition coefficient (Wildman–Crippen LogP) is 3.86. The van der Waals surface area contributed by atoms with Crippen molar-refractivity contribution in [3.8, 4) is 0 Å². The first-order valence-electron chi connectivity index (χ1n) is 7.42. The Morgan fingerprint density at radius 1 is 1.19 bits per heavy atom. The van der Waals surface area contributed by atoms with E-state index in [1.54, 1.807) is 0 Å². The molecule has 0 radical (unpaired) electrons. The lowest BCUT2D eigenvalue weighted by molar-refractivity contribution is 0.207. The third kappa shape index (κ3) is 4.38. The SMILES string of the molecule is CCCCN(Cc1cccn1C)C(=O)Nc1ccccc1. The molecule has 0 atom stereocenters. The van der Waals surface area contributed by atoms with Gasteiger partial charge in [-0.2, -0.15) is 0 Å². The molecule has 21 heavy (non-hydrogen) atoms. The summed E-state index contributed by atoms with van der Waals surface area (Å²) in [6.07, 6.45) is 4.08. The molecule has 0 spiro atoms. The molecule has 4 heteroatoms. The van der Waals surface area contributed by atoms with E-state index < -0.39 is 0 Å². The Bertz CT molecular complexity index is 562. The van der Waals surface area contributed by atoms with Crippen molar-refractivity contribution < 1.29 is 4.79 Å². The highest BCUT2D eigenvalue weighted by Gasteiger charge is 2.14. The van der Waals surface area contributed by atoms with Gasteiger partial charge in [0.05, 0.1) is 6.54 Å². The van der Waals surface area contributed by atoms with Gasteiger partial charge in [-0.05, 0) is 30.7 Å². The van der Waals surface area contributed by atoms with Crippen LogP contribution in [0.2, 0.25) is 0 Å². The van der Waals surface area contributed by atoms with Crippen LogP contribution in [0.4, 0.5) is 10.5 Å². The molecule has 0 saturated carbocycles. The number of aromatic nitrogens is 1. The van der Waals surface area contributed by atoms with Crippen LogP contribution in [0.25, 0.3) is 0 Å². The number of amides is 2. The lowest BCUT2D eigenvalue weighted by Crippen LogP contribution is -2.35. The molecule has 1 N–H and O–H groups in total. The average molecular weight is 285 g/mol. The number of rotatable bonds is 6. The first kappa shape index (κ1) is 15.2. The number of nitrogens with one attached hydrogen (secondary N) is 1. The monoisotopic (exact) mass is 285 g/mol. The topological polar surface area (TPSA) is 37.3 Å². The summed E-state index contributed by atoms with van der Waals surface area (Å²) in [5, 5.41) is 2.96. The van der Waals surface area contributed by atoms with Crippen molar-refractivity contribution in [2.75, 3.05) is 11.9 Å². The van der Waals surface area contributed by atoms with E-state index in [4.69, 9.17) is 0 Å². The van der Waals surface area contributed by atoms with Crippen molar-refractivity contribution >= 4 is 11.7 Å². The Morgan fingerprint density at radius 3 is 2.57 bits per heavy atom. The van der Waals surface area contributed by atoms with Crippen molar-refractivity contribution in [2.24, 2.45) is 7.05 Å². The molecule has 0 unspecified atom stereocenters. The summed E-state index contributed by atoms with van der Waals surface area (Å²) in [7, 11) is 2.00. The van der Waals surface area contributed by atoms with Gasteiger partial charge in [0.1, 0.15) is 0 Å². The van der Waals surface area contributed by atoms with Crippen LogP contribution in [0.1, 0.15) is 25.5 Å². The van der Waals surface area contributed by atoms with Crippen molar-refractivity contribution in [1.82, 2.24) is 9.47 Å². The van der Waals surface area contributed by atoms with Crippen LogP contribution < -0.4 is 5.32 Å². The summed E-state index contributed by atoms with van der Waals surface area (Å²) in [5.74, 6) is 0. The van der Waals surface area contributed by atoms with E-state index in [-0.39, 0.29) is 6.03 Å². The lowest BCUT2D eigenvalue weighted by Gasteiger charge is -2.23. The van der Waals surface area contributed by atoms with Crippen LogP contribution in [-0.2, 0) is 13.6 Å². The maximum Gasteiger partial charge on any atom is 0.322 e. The molecular weight excluding hydrogens is 262 g/mol. The zero-order valence-corrected chi connectivity index (χ0v) is 12.7. The second-order valence-electron chi connectivity index (χ2n) is 5.18. The maximum absolute atomic E-state index is 12.5. The van der Waals surface area contributed by atoms with E-state index in [0.29, 0.717) is 6.54 Å². The summed E-state index contributed by atoms with van der Waals surface area (Å²) >= 11 is 0. The van der Waals surface area contributed by atoms with Gasteiger partial charge in [-0.15, -0.1) is 0 Å². The number of para-hydroxylation sites is 1. The van der Waals surface area contributed by atoms with E-state index in [2.05, 4.69) is 22.9 Å². The van der Waals surface area contributed by atoms with Crippen LogP contribution in [0, 0.1) is 0 Å². The fourth-order valence-electron chi connectivity index (χ4n) is 2.18. The number of benzene rings is 1. The van der Waals surface area contributed by atoms with Crippen LogP contribution in [0.15, 0.2) is 48.7 Å². The van der Waals surface area contributed by atoms with Gasteiger partial charge in [0.15, 0.2) is 0 Å². The van der Waals surface area contributed by atoms with Gasteiger partial charge in [-0.1, -0.05) is 31.5 Å². The standard InChI is InChI=1S/C17H23N3O/c1-3-4-13-20(14-16-11-8-12-19(16)2)17(21)18-15-9-6-5-7-10-15/h5-12H,3-4,13-14H2,1-2H3,(H,18,21). The number of anilines is 1. The summed E-state index contributed by atoms with van der Waals surface area (Å²) in [6, 6.07) is 13.6. The average Bonchev–Trinajstić information content (AvgIpc) is 2.89. The van der Waals surface area contributed by atoms with Crippen molar-refractivity contribution in [1.29, 1.82) is 0 Å². The molecule has 1 aromatic carbocycles. The molecule has 1 heterocycles. The van der Waals surface area contributed by atoms with E-state index in [1.807, 2.05) is 54.5 Å². The Morgan fingerprint density at radius 2 is 1.95 bits per heavy atom. The molecule has 2 aromatic rings. The van der Waals surface area contributed by atoms with Gasteiger partial charge in [-0.25, -0.2) is 4.79 Å². The van der Waals surface area contributed by atoms with Gasteiger partial charge in [-0.3, -0.25) is 0 Å². The molecule has 0 aliphatic heterocycles. The minimum absolute atomic E-state index is 0.0455. The highest BCUT2D eigenvalue weighted by Crippen LogP contribution is 2.11. The Kier molecular flexibility index (Phi) is 5.43. The number of urea groups is 1. The fraction of sp³-hybridized carbons (Fsp3) is 0.353. The molecule has 0 bridgehead atoms. The number of aryl methyl sites for hydroxylation is 1. The van der Waals surface area contributed by atoms with Gasteiger partial charge < -0.3 is 14.8 Å². The number of carbonyl (C=O) groups excluding carboxylic acids is 1. The van der Waals surface area contributed by atoms with Crippen LogP contribution in [0.3, 0.4) is 0 Å². The van der Waals surface area contributed by atoms with E-state index in [9.17, 15) is 4.79 Å². The van der Waals surface area contributed by atoms with Crippen LogP contribution in [-0.4, -0.2) is 22.0 Å². The van der Waals surface area contributed by atoms with E-state index in [1.165, 1.54) is 0 Å². The second kappa shape index (κ2) is 7.53. The number of unbranched alkanes of at least 4 members (excludes halogenated alkanes) is 1. The number of hydrogen-bond donors (Lipinski definition) is 1. The summed E-state index contributed by atoms with van der Waals surface area (Å²) in [5.41, 5.74) is 1.96. The minimum atomic E-state index is -0.0455. The summed E-state index contributed by atoms with van der Waals surface area (Å²) in [6.45, 7) is 3.53. The number of hydrogen-bond acceptors (Lipinski definition) is 1. The Balaban J connectivity index is 2.04. The molecule has 2 amide bonds.